The molecule has 1 atom stereocenters. The largest absolute Gasteiger partial charge is 0.398 e. The molecule has 0 fully saturated rings. The molecule has 17 heavy (non-hydrogen) atoms. The first-order valence-corrected chi connectivity index (χ1v) is 5.36. The molecule has 0 spiro atoms. The van der Waals surface area contributed by atoms with Crippen LogP contribution in [0.3, 0.4) is 0 Å². The van der Waals surface area contributed by atoms with Crippen LogP contribution >= 0.6 is 0 Å². The van der Waals surface area contributed by atoms with Crippen molar-refractivity contribution < 1.29 is 4.39 Å². The van der Waals surface area contributed by atoms with Crippen LogP contribution in [-0.4, -0.2) is 4.98 Å². The molecule has 4 N–H and O–H groups in total. The molecule has 1 aromatic heterocycles. The molecule has 0 bridgehead atoms. The summed E-state index contributed by atoms with van der Waals surface area (Å²) in [5, 5.41) is 0. The van der Waals surface area contributed by atoms with Crippen LogP contribution in [0.1, 0.15) is 17.2 Å². The maximum atomic E-state index is 12.8. The van der Waals surface area contributed by atoms with E-state index in [-0.39, 0.29) is 11.9 Å². The van der Waals surface area contributed by atoms with Gasteiger partial charge in [0.1, 0.15) is 5.82 Å². The van der Waals surface area contributed by atoms with Gasteiger partial charge in [-0.15, -0.1) is 0 Å². The molecule has 0 radical (unpaired) electrons. The zero-order valence-electron chi connectivity index (χ0n) is 9.31. The second kappa shape index (κ2) is 4.93. The van der Waals surface area contributed by atoms with Crippen molar-refractivity contribution in [1.82, 2.24) is 4.98 Å². The van der Waals surface area contributed by atoms with Gasteiger partial charge in [0, 0.05) is 24.1 Å². The molecular weight excluding hydrogens is 217 g/mol. The van der Waals surface area contributed by atoms with Gasteiger partial charge in [-0.25, -0.2) is 4.39 Å². The van der Waals surface area contributed by atoms with E-state index in [2.05, 4.69) is 4.98 Å². The number of aromatic nitrogens is 1. The lowest BCUT2D eigenvalue weighted by Crippen LogP contribution is -2.14. The molecular formula is C13H14FN3. The van der Waals surface area contributed by atoms with Crippen LogP contribution in [-0.2, 0) is 6.42 Å². The second-order valence-corrected chi connectivity index (χ2v) is 3.94. The van der Waals surface area contributed by atoms with Crippen molar-refractivity contribution in [3.63, 3.8) is 0 Å². The van der Waals surface area contributed by atoms with Gasteiger partial charge in [-0.2, -0.15) is 0 Å². The third-order valence-electron chi connectivity index (χ3n) is 2.68. The zero-order chi connectivity index (χ0) is 12.3. The Morgan fingerprint density at radius 2 is 1.88 bits per heavy atom. The van der Waals surface area contributed by atoms with Crippen molar-refractivity contribution >= 4 is 5.69 Å². The maximum Gasteiger partial charge on any atom is 0.123 e. The SMILES string of the molecule is Nc1ccncc1CC(N)c1ccc(F)cc1. The van der Waals surface area contributed by atoms with E-state index in [0.29, 0.717) is 12.1 Å². The third kappa shape index (κ3) is 2.79. The Morgan fingerprint density at radius 1 is 1.18 bits per heavy atom. The number of halogens is 1. The van der Waals surface area contributed by atoms with Crippen molar-refractivity contribution in [3.8, 4) is 0 Å². The first-order chi connectivity index (χ1) is 8.16. The summed E-state index contributed by atoms with van der Waals surface area (Å²) in [5.41, 5.74) is 14.3. The molecule has 3 nitrogen and oxygen atoms in total. The number of nitrogen functional groups attached to an aromatic ring is 1. The summed E-state index contributed by atoms with van der Waals surface area (Å²) in [6.07, 6.45) is 3.94. The molecule has 1 aromatic carbocycles. The zero-order valence-corrected chi connectivity index (χ0v) is 9.31. The van der Waals surface area contributed by atoms with E-state index in [9.17, 15) is 4.39 Å². The van der Waals surface area contributed by atoms with Gasteiger partial charge >= 0.3 is 0 Å². The first-order valence-electron chi connectivity index (χ1n) is 5.36. The molecule has 1 unspecified atom stereocenters. The Morgan fingerprint density at radius 3 is 2.53 bits per heavy atom. The number of nitrogens with zero attached hydrogens (tertiary/aromatic N) is 1. The summed E-state index contributed by atoms with van der Waals surface area (Å²) in [7, 11) is 0. The van der Waals surface area contributed by atoms with E-state index >= 15 is 0 Å². The number of benzene rings is 1. The lowest BCUT2D eigenvalue weighted by atomic mass is 10.00. The van der Waals surface area contributed by atoms with Crippen LogP contribution in [0, 0.1) is 5.82 Å². The molecule has 0 saturated heterocycles. The van der Waals surface area contributed by atoms with Crippen molar-refractivity contribution in [3.05, 3.63) is 59.7 Å². The Labute approximate surface area is 99.3 Å². The first kappa shape index (κ1) is 11.5. The fourth-order valence-corrected chi connectivity index (χ4v) is 1.67. The molecule has 0 saturated carbocycles. The average Bonchev–Trinajstić information content (AvgIpc) is 2.33. The summed E-state index contributed by atoms with van der Waals surface area (Å²) in [6, 6.07) is 7.72. The Bertz CT molecular complexity index is 496. The highest BCUT2D eigenvalue weighted by Gasteiger charge is 2.09. The molecule has 0 aliphatic rings. The molecule has 2 aromatic rings. The molecule has 4 heteroatoms. The summed E-state index contributed by atoms with van der Waals surface area (Å²) in [4.78, 5) is 4.01. The third-order valence-corrected chi connectivity index (χ3v) is 2.68. The predicted octanol–water partition coefficient (Wildman–Crippen LogP) is 2.05. The summed E-state index contributed by atoms with van der Waals surface area (Å²) in [5.74, 6) is -0.262. The van der Waals surface area contributed by atoms with Crippen LogP contribution in [0.15, 0.2) is 42.7 Å². The van der Waals surface area contributed by atoms with E-state index in [1.165, 1.54) is 12.1 Å². The fraction of sp³-hybridized carbons (Fsp3) is 0.154. The lowest BCUT2D eigenvalue weighted by molar-refractivity contribution is 0.624. The Kier molecular flexibility index (Phi) is 3.35. The molecule has 88 valence electrons. The van der Waals surface area contributed by atoms with E-state index in [1.54, 1.807) is 30.6 Å². The van der Waals surface area contributed by atoms with Crippen LogP contribution < -0.4 is 11.5 Å². The van der Waals surface area contributed by atoms with Gasteiger partial charge in [-0.05, 0) is 35.7 Å². The van der Waals surface area contributed by atoms with Gasteiger partial charge in [0.15, 0.2) is 0 Å². The van der Waals surface area contributed by atoms with E-state index in [1.807, 2.05) is 0 Å². The van der Waals surface area contributed by atoms with Gasteiger partial charge in [-0.3, -0.25) is 4.98 Å². The Balaban J connectivity index is 2.14. The standard InChI is InChI=1S/C13H14FN3/c14-11-3-1-9(2-4-11)13(16)7-10-8-17-6-5-12(10)15/h1-6,8,13H,7,16H2,(H2,15,17). The van der Waals surface area contributed by atoms with Gasteiger partial charge in [0.05, 0.1) is 0 Å². The quantitative estimate of drug-likeness (QED) is 0.849. The van der Waals surface area contributed by atoms with Gasteiger partial charge in [0.25, 0.3) is 0 Å². The number of hydrogen-bond acceptors (Lipinski definition) is 3. The number of pyridine rings is 1. The summed E-state index contributed by atoms with van der Waals surface area (Å²) >= 11 is 0. The average molecular weight is 231 g/mol. The van der Waals surface area contributed by atoms with Crippen molar-refractivity contribution in [2.45, 2.75) is 12.5 Å². The minimum Gasteiger partial charge on any atom is -0.398 e. The molecule has 0 aliphatic carbocycles. The van der Waals surface area contributed by atoms with Crippen molar-refractivity contribution in [2.75, 3.05) is 5.73 Å². The molecule has 1 heterocycles. The lowest BCUT2D eigenvalue weighted by Gasteiger charge is -2.13. The predicted molar refractivity (Wildman–Crippen MR) is 65.7 cm³/mol. The van der Waals surface area contributed by atoms with Crippen molar-refractivity contribution in [1.29, 1.82) is 0 Å². The van der Waals surface area contributed by atoms with E-state index in [0.717, 1.165) is 11.1 Å². The normalized spacial score (nSPS) is 12.4. The van der Waals surface area contributed by atoms with Gasteiger partial charge in [0.2, 0.25) is 0 Å². The van der Waals surface area contributed by atoms with Crippen LogP contribution in [0.5, 0.6) is 0 Å². The fourth-order valence-electron chi connectivity index (χ4n) is 1.67. The van der Waals surface area contributed by atoms with Crippen LogP contribution in [0.25, 0.3) is 0 Å². The smallest absolute Gasteiger partial charge is 0.123 e. The highest BCUT2D eigenvalue weighted by Crippen LogP contribution is 2.19. The minimum atomic E-state index is -0.262. The van der Waals surface area contributed by atoms with Gasteiger partial charge < -0.3 is 11.5 Å². The van der Waals surface area contributed by atoms with E-state index < -0.39 is 0 Å². The van der Waals surface area contributed by atoms with Crippen LogP contribution in [0.2, 0.25) is 0 Å². The topological polar surface area (TPSA) is 64.9 Å². The van der Waals surface area contributed by atoms with Crippen LogP contribution in [0.4, 0.5) is 10.1 Å². The monoisotopic (exact) mass is 231 g/mol. The van der Waals surface area contributed by atoms with Gasteiger partial charge in [-0.1, -0.05) is 12.1 Å². The Hall–Kier alpha value is -1.94. The summed E-state index contributed by atoms with van der Waals surface area (Å²) in [6.45, 7) is 0. The molecule has 0 aliphatic heterocycles. The number of nitrogens with two attached hydrogens (primary N) is 2. The molecule has 2 rings (SSSR count). The number of rotatable bonds is 3. The number of anilines is 1. The maximum absolute atomic E-state index is 12.8. The van der Waals surface area contributed by atoms with Crippen molar-refractivity contribution in [2.24, 2.45) is 5.73 Å². The summed E-state index contributed by atoms with van der Waals surface area (Å²) < 4.78 is 12.8. The van der Waals surface area contributed by atoms with E-state index in [4.69, 9.17) is 11.5 Å². The number of hydrogen-bond donors (Lipinski definition) is 2. The second-order valence-electron chi connectivity index (χ2n) is 3.94. The highest BCUT2D eigenvalue weighted by atomic mass is 19.1. The highest BCUT2D eigenvalue weighted by molar-refractivity contribution is 5.45. The molecule has 0 amide bonds. The minimum absolute atomic E-state index is 0.206.